The monoisotopic (exact) mass is 245 g/mol. The van der Waals surface area contributed by atoms with E-state index in [0.717, 1.165) is 0 Å². The van der Waals surface area contributed by atoms with E-state index in [1.54, 1.807) is 24.3 Å². The van der Waals surface area contributed by atoms with E-state index in [9.17, 15) is 0 Å². The largest absolute Gasteiger partial charge is 0.438 e. The fourth-order valence-electron chi connectivity index (χ4n) is 1.27. The molecular formula is C12H8ClN3O. The molecule has 0 saturated carbocycles. The van der Waals surface area contributed by atoms with Gasteiger partial charge in [-0.1, -0.05) is 17.7 Å². The Balaban J connectivity index is 2.34. The van der Waals surface area contributed by atoms with Crippen LogP contribution in [0.4, 0.5) is 5.69 Å². The average molecular weight is 246 g/mol. The molecule has 5 heteroatoms. The summed E-state index contributed by atoms with van der Waals surface area (Å²) >= 11 is 5.82. The van der Waals surface area contributed by atoms with Crippen molar-refractivity contribution in [1.29, 1.82) is 5.26 Å². The number of aromatic nitrogens is 1. The van der Waals surface area contributed by atoms with E-state index in [-0.39, 0.29) is 11.4 Å². The highest BCUT2D eigenvalue weighted by Gasteiger charge is 2.07. The van der Waals surface area contributed by atoms with Gasteiger partial charge in [0, 0.05) is 5.02 Å². The van der Waals surface area contributed by atoms with Crippen LogP contribution in [-0.2, 0) is 0 Å². The lowest BCUT2D eigenvalue weighted by Crippen LogP contribution is -1.94. The van der Waals surface area contributed by atoms with Crippen LogP contribution in [0.25, 0.3) is 0 Å². The number of ether oxygens (including phenoxy) is 1. The van der Waals surface area contributed by atoms with Gasteiger partial charge in [0.25, 0.3) is 0 Å². The van der Waals surface area contributed by atoms with Gasteiger partial charge in [-0.05, 0) is 24.3 Å². The molecule has 2 N–H and O–H groups in total. The van der Waals surface area contributed by atoms with Crippen LogP contribution < -0.4 is 10.5 Å². The van der Waals surface area contributed by atoms with Crippen LogP contribution in [0, 0.1) is 11.3 Å². The van der Waals surface area contributed by atoms with Crippen molar-refractivity contribution in [3.05, 3.63) is 47.1 Å². The molecule has 1 aromatic carbocycles. The Bertz CT molecular complexity index is 593. The lowest BCUT2D eigenvalue weighted by Gasteiger charge is -2.06. The predicted molar refractivity (Wildman–Crippen MR) is 64.9 cm³/mol. The minimum absolute atomic E-state index is 0.212. The Morgan fingerprint density at radius 1 is 1.35 bits per heavy atom. The van der Waals surface area contributed by atoms with Crippen molar-refractivity contribution in [1.82, 2.24) is 4.98 Å². The summed E-state index contributed by atoms with van der Waals surface area (Å²) in [6.07, 6.45) is 1.43. The van der Waals surface area contributed by atoms with Crippen LogP contribution in [-0.4, -0.2) is 4.98 Å². The number of nitrogens with zero attached hydrogens (tertiary/aromatic N) is 2. The predicted octanol–water partition coefficient (Wildman–Crippen LogP) is 2.98. The van der Waals surface area contributed by atoms with Gasteiger partial charge in [0.05, 0.1) is 11.9 Å². The van der Waals surface area contributed by atoms with Crippen molar-refractivity contribution in [3.63, 3.8) is 0 Å². The summed E-state index contributed by atoms with van der Waals surface area (Å²) in [6.45, 7) is 0. The molecule has 0 aliphatic heterocycles. The smallest absolute Gasteiger partial charge is 0.237 e. The summed E-state index contributed by atoms with van der Waals surface area (Å²) in [5.41, 5.74) is 6.23. The Labute approximate surface area is 103 Å². The van der Waals surface area contributed by atoms with Gasteiger partial charge in [0.1, 0.15) is 17.4 Å². The number of benzene rings is 1. The molecule has 2 rings (SSSR count). The van der Waals surface area contributed by atoms with Crippen LogP contribution in [0.1, 0.15) is 5.56 Å². The number of hydrogen-bond donors (Lipinski definition) is 1. The van der Waals surface area contributed by atoms with E-state index in [4.69, 9.17) is 27.3 Å². The number of rotatable bonds is 2. The third-order valence-corrected chi connectivity index (χ3v) is 2.24. The summed E-state index contributed by atoms with van der Waals surface area (Å²) in [6, 6.07) is 10.3. The topological polar surface area (TPSA) is 71.9 Å². The van der Waals surface area contributed by atoms with E-state index in [0.29, 0.717) is 16.5 Å². The molecule has 17 heavy (non-hydrogen) atoms. The number of halogens is 1. The summed E-state index contributed by atoms with van der Waals surface area (Å²) in [4.78, 5) is 3.96. The molecule has 4 nitrogen and oxygen atoms in total. The first-order chi connectivity index (χ1) is 8.19. The third-order valence-electron chi connectivity index (χ3n) is 2.00. The minimum atomic E-state index is 0.212. The van der Waals surface area contributed by atoms with Gasteiger partial charge in [-0.15, -0.1) is 0 Å². The molecule has 84 valence electrons. The zero-order valence-electron chi connectivity index (χ0n) is 8.72. The van der Waals surface area contributed by atoms with Crippen LogP contribution in [0.3, 0.4) is 0 Å². The van der Waals surface area contributed by atoms with Gasteiger partial charge in [0.15, 0.2) is 0 Å². The van der Waals surface area contributed by atoms with Crippen LogP contribution in [0.5, 0.6) is 11.6 Å². The first-order valence-corrected chi connectivity index (χ1v) is 5.16. The molecule has 0 unspecified atom stereocenters. The van der Waals surface area contributed by atoms with Gasteiger partial charge < -0.3 is 10.5 Å². The minimum Gasteiger partial charge on any atom is -0.438 e. The quantitative estimate of drug-likeness (QED) is 0.883. The Kier molecular flexibility index (Phi) is 3.12. The molecule has 1 aromatic heterocycles. The van der Waals surface area contributed by atoms with Crippen molar-refractivity contribution in [2.75, 3.05) is 5.73 Å². The molecule has 0 bridgehead atoms. The summed E-state index contributed by atoms with van der Waals surface area (Å²) < 4.78 is 5.46. The fraction of sp³-hybridized carbons (Fsp3) is 0. The fourth-order valence-corrected chi connectivity index (χ4v) is 1.45. The van der Waals surface area contributed by atoms with E-state index >= 15 is 0 Å². The molecule has 0 saturated heterocycles. The maximum atomic E-state index is 8.92. The molecule has 2 aromatic rings. The molecule has 0 fully saturated rings. The number of pyridine rings is 1. The number of nitrogen functional groups attached to an aromatic ring is 1. The van der Waals surface area contributed by atoms with Gasteiger partial charge >= 0.3 is 0 Å². The highest BCUT2D eigenvalue weighted by Crippen LogP contribution is 2.25. The lowest BCUT2D eigenvalue weighted by molar-refractivity contribution is 0.461. The van der Waals surface area contributed by atoms with Crippen LogP contribution in [0.15, 0.2) is 36.5 Å². The summed E-state index contributed by atoms with van der Waals surface area (Å²) in [5.74, 6) is 0.732. The first kappa shape index (κ1) is 11.2. The number of nitriles is 1. The highest BCUT2D eigenvalue weighted by molar-refractivity contribution is 6.30. The van der Waals surface area contributed by atoms with Crippen molar-refractivity contribution in [3.8, 4) is 17.7 Å². The van der Waals surface area contributed by atoms with E-state index in [1.807, 2.05) is 6.07 Å². The van der Waals surface area contributed by atoms with Crippen molar-refractivity contribution in [2.45, 2.75) is 0 Å². The van der Waals surface area contributed by atoms with Crippen LogP contribution >= 0.6 is 11.6 Å². The van der Waals surface area contributed by atoms with Crippen LogP contribution in [0.2, 0.25) is 5.02 Å². The van der Waals surface area contributed by atoms with Crippen molar-refractivity contribution in [2.24, 2.45) is 0 Å². The first-order valence-electron chi connectivity index (χ1n) is 4.78. The van der Waals surface area contributed by atoms with Gasteiger partial charge in [0.2, 0.25) is 5.88 Å². The molecule has 0 amide bonds. The highest BCUT2D eigenvalue weighted by atomic mass is 35.5. The SMILES string of the molecule is N#Cc1cc(N)cnc1Oc1cccc(Cl)c1. The Morgan fingerprint density at radius 2 is 2.18 bits per heavy atom. The molecule has 0 aliphatic carbocycles. The Hall–Kier alpha value is -2.25. The maximum Gasteiger partial charge on any atom is 0.237 e. The molecular weight excluding hydrogens is 238 g/mol. The number of nitrogens with two attached hydrogens (primary N) is 1. The third kappa shape index (κ3) is 2.65. The number of hydrogen-bond acceptors (Lipinski definition) is 4. The molecule has 0 atom stereocenters. The molecule has 0 spiro atoms. The van der Waals surface area contributed by atoms with Gasteiger partial charge in [-0.25, -0.2) is 4.98 Å². The maximum absolute atomic E-state index is 8.92. The second-order valence-corrected chi connectivity index (χ2v) is 3.73. The number of anilines is 1. The molecule has 0 aliphatic rings. The van der Waals surface area contributed by atoms with E-state index in [1.165, 1.54) is 12.3 Å². The zero-order chi connectivity index (χ0) is 12.3. The van der Waals surface area contributed by atoms with Gasteiger partial charge in [-0.3, -0.25) is 0 Å². The normalized spacial score (nSPS) is 9.65. The average Bonchev–Trinajstić information content (AvgIpc) is 2.31. The van der Waals surface area contributed by atoms with E-state index < -0.39 is 0 Å². The summed E-state index contributed by atoms with van der Waals surface area (Å²) in [5, 5.41) is 9.48. The van der Waals surface area contributed by atoms with Gasteiger partial charge in [-0.2, -0.15) is 5.26 Å². The standard InChI is InChI=1S/C12H8ClN3O/c13-9-2-1-3-11(5-9)17-12-8(6-14)4-10(15)7-16-12/h1-5,7H,15H2. The lowest BCUT2D eigenvalue weighted by atomic mass is 10.3. The van der Waals surface area contributed by atoms with Crippen molar-refractivity contribution >= 4 is 17.3 Å². The zero-order valence-corrected chi connectivity index (χ0v) is 9.48. The van der Waals surface area contributed by atoms with E-state index in [2.05, 4.69) is 4.98 Å². The molecule has 0 radical (unpaired) electrons. The second kappa shape index (κ2) is 4.73. The van der Waals surface area contributed by atoms with Crippen molar-refractivity contribution < 1.29 is 4.74 Å². The second-order valence-electron chi connectivity index (χ2n) is 3.29. The Morgan fingerprint density at radius 3 is 2.88 bits per heavy atom. The molecule has 1 heterocycles. The summed E-state index contributed by atoms with van der Waals surface area (Å²) in [7, 11) is 0.